The number of alkyl carbamates (subject to hydrolysis) is 1. The number of benzene rings is 1. The van der Waals surface area contributed by atoms with Crippen molar-refractivity contribution in [3.05, 3.63) is 59.3 Å². The summed E-state index contributed by atoms with van der Waals surface area (Å²) in [5.41, 5.74) is 3.08. The summed E-state index contributed by atoms with van der Waals surface area (Å²) in [6.07, 6.45) is 2.15. The van der Waals surface area contributed by atoms with E-state index in [1.165, 1.54) is 5.56 Å². The Hall–Kier alpha value is -3.66. The van der Waals surface area contributed by atoms with Crippen molar-refractivity contribution in [3.63, 3.8) is 0 Å². The van der Waals surface area contributed by atoms with E-state index >= 15 is 0 Å². The van der Waals surface area contributed by atoms with Gasteiger partial charge in [0, 0.05) is 44.8 Å². The molecule has 0 saturated carbocycles. The number of aliphatic carboxylic acids is 1. The Labute approximate surface area is 204 Å². The van der Waals surface area contributed by atoms with Crippen molar-refractivity contribution in [2.45, 2.75) is 31.9 Å². The molecule has 4 rings (SSSR count). The average molecular weight is 482 g/mol. The topological polar surface area (TPSA) is 133 Å². The zero-order chi connectivity index (χ0) is 24.6. The molecule has 1 aromatic heterocycles. The molecule has 35 heavy (non-hydrogen) atoms. The molecule has 0 aliphatic carbocycles. The summed E-state index contributed by atoms with van der Waals surface area (Å²) in [7, 11) is 0. The Kier molecular flexibility index (Phi) is 8.15. The average Bonchev–Trinajstić information content (AvgIpc) is 2.84. The summed E-state index contributed by atoms with van der Waals surface area (Å²) in [5, 5.41) is 17.7. The number of nitrogens with one attached hydrogen (secondary N) is 3. The molecule has 2 aromatic rings. The van der Waals surface area contributed by atoms with Gasteiger partial charge in [-0.2, -0.15) is 0 Å². The molecule has 0 radical (unpaired) electrons. The van der Waals surface area contributed by atoms with Gasteiger partial charge in [0.2, 0.25) is 5.91 Å². The van der Waals surface area contributed by atoms with E-state index in [1.807, 2.05) is 18.2 Å². The number of hydrogen-bond acceptors (Lipinski definition) is 7. The van der Waals surface area contributed by atoms with Crippen molar-refractivity contribution in [2.24, 2.45) is 5.92 Å². The number of amides is 2. The summed E-state index contributed by atoms with van der Waals surface area (Å²) in [4.78, 5) is 42.8. The van der Waals surface area contributed by atoms with Crippen molar-refractivity contribution in [1.29, 1.82) is 0 Å². The molecule has 3 heterocycles. The van der Waals surface area contributed by atoms with E-state index in [0.717, 1.165) is 49.4 Å². The molecule has 0 spiro atoms. The van der Waals surface area contributed by atoms with E-state index in [-0.39, 0.29) is 25.0 Å². The molecule has 186 valence electrons. The van der Waals surface area contributed by atoms with E-state index < -0.39 is 18.1 Å². The first-order valence-electron chi connectivity index (χ1n) is 11.9. The summed E-state index contributed by atoms with van der Waals surface area (Å²) in [6.45, 7) is 2.80. The lowest BCUT2D eigenvalue weighted by Crippen LogP contribution is -2.56. The molecule has 4 N–H and O–H groups in total. The maximum absolute atomic E-state index is 12.4. The Morgan fingerprint density at radius 1 is 1.17 bits per heavy atom. The number of anilines is 1. The number of carboxylic acid groups (broad SMARTS) is 1. The van der Waals surface area contributed by atoms with Gasteiger partial charge in [0.05, 0.1) is 5.92 Å². The molecule has 2 aliphatic rings. The van der Waals surface area contributed by atoms with Gasteiger partial charge in [-0.05, 0) is 30.0 Å². The molecule has 1 fully saturated rings. The van der Waals surface area contributed by atoms with Crippen molar-refractivity contribution >= 4 is 23.8 Å². The van der Waals surface area contributed by atoms with Crippen LogP contribution in [0.5, 0.6) is 0 Å². The van der Waals surface area contributed by atoms with Gasteiger partial charge in [-0.15, -0.1) is 0 Å². The van der Waals surface area contributed by atoms with E-state index in [0.29, 0.717) is 13.1 Å². The summed E-state index contributed by atoms with van der Waals surface area (Å²) >= 11 is 0. The molecule has 0 unspecified atom stereocenters. The van der Waals surface area contributed by atoms with Gasteiger partial charge in [-0.1, -0.05) is 36.4 Å². The van der Waals surface area contributed by atoms with Gasteiger partial charge in [0.15, 0.2) is 0 Å². The minimum Gasteiger partial charge on any atom is -0.480 e. The van der Waals surface area contributed by atoms with Crippen LogP contribution in [0.3, 0.4) is 0 Å². The highest BCUT2D eigenvalue weighted by molar-refractivity contribution is 5.83. The zero-order valence-electron chi connectivity index (χ0n) is 19.5. The van der Waals surface area contributed by atoms with Crippen LogP contribution in [-0.4, -0.2) is 71.7 Å². The number of aryl methyl sites for hydroxylation is 1. The lowest BCUT2D eigenvalue weighted by Gasteiger charge is -2.38. The highest BCUT2D eigenvalue weighted by atomic mass is 16.5. The Bertz CT molecular complexity index is 1040. The van der Waals surface area contributed by atoms with E-state index in [4.69, 9.17) is 9.72 Å². The Balaban J connectivity index is 1.14. The lowest BCUT2D eigenvalue weighted by molar-refractivity contribution is -0.139. The van der Waals surface area contributed by atoms with Gasteiger partial charge >= 0.3 is 12.1 Å². The maximum Gasteiger partial charge on any atom is 0.408 e. The van der Waals surface area contributed by atoms with Crippen molar-refractivity contribution in [1.82, 2.24) is 20.5 Å². The molecular formula is C25H31N5O5. The van der Waals surface area contributed by atoms with Gasteiger partial charge in [-0.3, -0.25) is 4.79 Å². The first-order chi connectivity index (χ1) is 17.0. The fraction of sp³-hybridized carbons (Fsp3) is 0.440. The molecule has 1 atom stereocenters. The van der Waals surface area contributed by atoms with E-state index in [2.05, 4.69) is 33.0 Å². The number of rotatable bonds is 10. The number of likely N-dealkylation sites (tertiary alicyclic amines) is 1. The normalized spacial score (nSPS) is 16.2. The van der Waals surface area contributed by atoms with E-state index in [9.17, 15) is 19.5 Å². The van der Waals surface area contributed by atoms with E-state index in [1.54, 1.807) is 12.1 Å². The number of hydrogen-bond donors (Lipinski definition) is 4. The number of carbonyl (C=O) groups is 3. The number of aromatic nitrogens is 1. The van der Waals surface area contributed by atoms with Crippen LogP contribution in [0, 0.1) is 5.92 Å². The number of fused-ring (bicyclic) bond motifs is 1. The number of carboxylic acids is 1. The molecule has 2 aliphatic heterocycles. The highest BCUT2D eigenvalue weighted by Crippen LogP contribution is 2.21. The van der Waals surface area contributed by atoms with Crippen LogP contribution in [0.25, 0.3) is 0 Å². The van der Waals surface area contributed by atoms with Crippen LogP contribution in [0.15, 0.2) is 42.5 Å². The third-order valence-corrected chi connectivity index (χ3v) is 6.25. The van der Waals surface area contributed by atoms with Crippen LogP contribution in [0.4, 0.5) is 10.6 Å². The molecule has 10 nitrogen and oxygen atoms in total. The molecular weight excluding hydrogens is 450 g/mol. The number of ether oxygens (including phenoxy) is 1. The summed E-state index contributed by atoms with van der Waals surface area (Å²) < 4.78 is 5.06. The minimum atomic E-state index is -1.28. The number of carbonyl (C=O) groups excluding carboxylic acids is 2. The fourth-order valence-corrected chi connectivity index (χ4v) is 4.15. The third kappa shape index (κ3) is 6.92. The van der Waals surface area contributed by atoms with Gasteiger partial charge in [-0.25, -0.2) is 14.6 Å². The Morgan fingerprint density at radius 2 is 1.97 bits per heavy atom. The molecule has 1 saturated heterocycles. The van der Waals surface area contributed by atoms with Crippen molar-refractivity contribution in [3.8, 4) is 0 Å². The van der Waals surface area contributed by atoms with Crippen LogP contribution in [0.2, 0.25) is 0 Å². The van der Waals surface area contributed by atoms with Gasteiger partial charge in [0.1, 0.15) is 18.5 Å². The predicted octanol–water partition coefficient (Wildman–Crippen LogP) is 1.41. The second kappa shape index (κ2) is 11.7. The van der Waals surface area contributed by atoms with Crippen molar-refractivity contribution in [2.75, 3.05) is 38.0 Å². The van der Waals surface area contributed by atoms with Crippen LogP contribution < -0.4 is 16.0 Å². The minimum absolute atomic E-state index is 0.0285. The number of pyridine rings is 1. The lowest BCUT2D eigenvalue weighted by atomic mass is 9.98. The largest absolute Gasteiger partial charge is 0.480 e. The summed E-state index contributed by atoms with van der Waals surface area (Å²) in [5.74, 6) is -0.680. The monoisotopic (exact) mass is 481 g/mol. The van der Waals surface area contributed by atoms with Gasteiger partial charge in [0.25, 0.3) is 0 Å². The second-order valence-corrected chi connectivity index (χ2v) is 8.89. The standard InChI is InChI=1S/C25H31N5O5/c31-23(27-13-21(24(32)33)29-25(34)35-16-17-5-2-1-3-6-17)19-14-30(15-19)12-10-20-9-8-18-7-4-11-26-22(18)28-20/h1-3,5-6,8-9,19,21H,4,7,10-16H2,(H,26,28)(H,27,31)(H,29,34)(H,32,33)/t21-/m0/s1. The second-order valence-electron chi connectivity index (χ2n) is 8.89. The smallest absolute Gasteiger partial charge is 0.408 e. The SMILES string of the molecule is O=C(N[C@@H](CNC(=O)C1CN(CCc2ccc3c(n2)NCCC3)C1)C(=O)O)OCc1ccccc1. The first kappa shape index (κ1) is 24.5. The molecule has 2 amide bonds. The zero-order valence-corrected chi connectivity index (χ0v) is 19.5. The van der Waals surface area contributed by atoms with Crippen LogP contribution in [-0.2, 0) is 33.8 Å². The molecule has 10 heteroatoms. The van der Waals surface area contributed by atoms with Crippen molar-refractivity contribution < 1.29 is 24.2 Å². The quantitative estimate of drug-likeness (QED) is 0.400. The first-order valence-corrected chi connectivity index (χ1v) is 11.9. The Morgan fingerprint density at radius 3 is 2.74 bits per heavy atom. The molecule has 0 bridgehead atoms. The third-order valence-electron chi connectivity index (χ3n) is 6.25. The fourth-order valence-electron chi connectivity index (χ4n) is 4.15. The van der Waals surface area contributed by atoms with Crippen LogP contribution >= 0.6 is 0 Å². The maximum atomic E-state index is 12.4. The van der Waals surface area contributed by atoms with Gasteiger partial charge < -0.3 is 30.7 Å². The summed E-state index contributed by atoms with van der Waals surface area (Å²) in [6, 6.07) is 12.0. The van der Waals surface area contributed by atoms with Crippen LogP contribution in [0.1, 0.15) is 23.2 Å². The predicted molar refractivity (Wildman–Crippen MR) is 129 cm³/mol. The number of nitrogens with zero attached hydrogens (tertiary/aromatic N) is 2. The highest BCUT2D eigenvalue weighted by Gasteiger charge is 2.33. The molecule has 1 aromatic carbocycles.